The zero-order valence-electron chi connectivity index (χ0n) is 24.3. The first-order valence-electron chi connectivity index (χ1n) is 13.0. The van der Waals surface area contributed by atoms with Gasteiger partial charge in [0.25, 0.3) is 0 Å². The van der Waals surface area contributed by atoms with Crippen LogP contribution in [0.5, 0.6) is 0 Å². The highest BCUT2D eigenvalue weighted by atomic mass is 32.2. The van der Waals surface area contributed by atoms with Crippen molar-refractivity contribution in [2.45, 2.75) is 86.5 Å². The van der Waals surface area contributed by atoms with Crippen LogP contribution in [0, 0.1) is 25.2 Å². The smallest absolute Gasteiger partial charge is 0.0812 e. The number of benzene rings is 2. The first-order chi connectivity index (χ1) is 16.8. The van der Waals surface area contributed by atoms with Gasteiger partial charge in [-0.1, -0.05) is 128 Å². The SMILES string of the molecule is C=C(C)C(C)(C)C(=C)Cc1ccc(SF)cc1.C=Cc1c(C)ccc(C)c1/C=C\C(C)C.CCCC. The van der Waals surface area contributed by atoms with E-state index in [1.807, 2.05) is 25.1 Å². The van der Waals surface area contributed by atoms with Crippen molar-refractivity contribution in [3.63, 3.8) is 0 Å². The lowest BCUT2D eigenvalue weighted by Crippen LogP contribution is -2.16. The van der Waals surface area contributed by atoms with Gasteiger partial charge in [0.2, 0.25) is 0 Å². The Morgan fingerprint density at radius 1 is 0.944 bits per heavy atom. The molecule has 0 unspecified atom stereocenters. The Hall–Kier alpha value is -2.32. The molecule has 0 spiro atoms. The van der Waals surface area contributed by atoms with E-state index in [1.54, 1.807) is 12.1 Å². The van der Waals surface area contributed by atoms with Crippen LogP contribution >= 0.6 is 12.1 Å². The molecule has 2 rings (SSSR count). The van der Waals surface area contributed by atoms with Gasteiger partial charge in [0.15, 0.2) is 0 Å². The highest BCUT2D eigenvalue weighted by molar-refractivity contribution is 7.94. The van der Waals surface area contributed by atoms with Crippen molar-refractivity contribution in [3.8, 4) is 0 Å². The van der Waals surface area contributed by atoms with Crippen molar-refractivity contribution in [3.05, 3.63) is 101 Å². The number of hydrogen-bond donors (Lipinski definition) is 0. The molecule has 198 valence electrons. The Morgan fingerprint density at radius 3 is 1.83 bits per heavy atom. The third kappa shape index (κ3) is 11.6. The van der Waals surface area contributed by atoms with Gasteiger partial charge in [-0.3, -0.25) is 0 Å². The summed E-state index contributed by atoms with van der Waals surface area (Å²) in [5.41, 5.74) is 8.50. The van der Waals surface area contributed by atoms with Crippen LogP contribution in [-0.4, -0.2) is 0 Å². The fourth-order valence-electron chi connectivity index (χ4n) is 3.06. The van der Waals surface area contributed by atoms with Gasteiger partial charge in [0.05, 0.1) is 12.1 Å². The Morgan fingerprint density at radius 2 is 1.44 bits per heavy atom. The second kappa shape index (κ2) is 17.2. The number of aryl methyl sites for hydroxylation is 2. The third-order valence-electron chi connectivity index (χ3n) is 6.46. The fraction of sp³-hybridized carbons (Fsp3) is 0.412. The van der Waals surface area contributed by atoms with Crippen LogP contribution in [0.3, 0.4) is 0 Å². The molecule has 0 aliphatic carbocycles. The lowest BCUT2D eigenvalue weighted by Gasteiger charge is -2.28. The van der Waals surface area contributed by atoms with Gasteiger partial charge in [-0.25, -0.2) is 0 Å². The number of halogens is 1. The van der Waals surface area contributed by atoms with E-state index in [4.69, 9.17) is 0 Å². The predicted octanol–water partition coefficient (Wildman–Crippen LogP) is 11.8. The molecule has 0 saturated carbocycles. The van der Waals surface area contributed by atoms with Crippen molar-refractivity contribution in [2.24, 2.45) is 11.3 Å². The van der Waals surface area contributed by atoms with Crippen LogP contribution in [-0.2, 0) is 6.42 Å². The molecular weight excluding hydrogens is 459 g/mol. The third-order valence-corrected chi connectivity index (χ3v) is 6.91. The molecule has 0 heterocycles. The Balaban J connectivity index is 0.000000596. The molecule has 0 aliphatic rings. The zero-order chi connectivity index (χ0) is 27.9. The van der Waals surface area contributed by atoms with Gasteiger partial charge in [-0.2, -0.15) is 3.89 Å². The van der Waals surface area contributed by atoms with E-state index in [2.05, 4.69) is 99.4 Å². The van der Waals surface area contributed by atoms with Crippen molar-refractivity contribution in [1.82, 2.24) is 0 Å². The summed E-state index contributed by atoms with van der Waals surface area (Å²) in [5.74, 6) is 0.586. The zero-order valence-corrected chi connectivity index (χ0v) is 25.1. The average Bonchev–Trinajstić information content (AvgIpc) is 2.85. The van der Waals surface area contributed by atoms with E-state index in [0.29, 0.717) is 10.8 Å². The van der Waals surface area contributed by atoms with E-state index in [-0.39, 0.29) is 17.6 Å². The Labute approximate surface area is 226 Å². The Bertz CT molecular complexity index is 989. The quantitative estimate of drug-likeness (QED) is 0.303. The monoisotopic (exact) mass is 508 g/mol. The van der Waals surface area contributed by atoms with E-state index >= 15 is 0 Å². The van der Waals surface area contributed by atoms with Gasteiger partial charge in [0.1, 0.15) is 0 Å². The van der Waals surface area contributed by atoms with E-state index in [0.717, 1.165) is 23.1 Å². The van der Waals surface area contributed by atoms with Crippen LogP contribution in [0.1, 0.15) is 89.1 Å². The van der Waals surface area contributed by atoms with Gasteiger partial charge in [0, 0.05) is 10.3 Å². The molecule has 0 N–H and O–H groups in total. The van der Waals surface area contributed by atoms with Crippen molar-refractivity contribution in [1.29, 1.82) is 0 Å². The second-order valence-electron chi connectivity index (χ2n) is 10.2. The van der Waals surface area contributed by atoms with E-state index in [9.17, 15) is 3.89 Å². The molecule has 36 heavy (non-hydrogen) atoms. The summed E-state index contributed by atoms with van der Waals surface area (Å²) in [7, 11) is 0. The topological polar surface area (TPSA) is 0 Å². The standard InChI is InChI=1S/C15H19FS.C15H20.C4H10/c1-11(2)15(4,5)12(3)10-13-6-8-14(17-16)9-7-13;1-6-14-12(4)8-9-13(5)15(14)10-7-11(2)3;1-3-4-2/h6-9H,1,3,10H2,2,4-5H3;6-11H,1H2,2-5H3;3-4H2,1-2H3/b;10-7-;. The molecule has 0 saturated heterocycles. The molecule has 0 aromatic heterocycles. The van der Waals surface area contributed by atoms with Gasteiger partial charge < -0.3 is 0 Å². The molecule has 2 aromatic rings. The predicted molar refractivity (Wildman–Crippen MR) is 165 cm³/mol. The van der Waals surface area contributed by atoms with Crippen molar-refractivity contribution in [2.75, 3.05) is 0 Å². The van der Waals surface area contributed by atoms with Crippen molar-refractivity contribution >= 4 is 24.3 Å². The summed E-state index contributed by atoms with van der Waals surface area (Å²) < 4.78 is 12.3. The van der Waals surface area contributed by atoms with Crippen LogP contribution in [0.25, 0.3) is 12.2 Å². The maximum atomic E-state index is 12.3. The first-order valence-corrected chi connectivity index (χ1v) is 13.7. The normalized spacial score (nSPS) is 10.9. The van der Waals surface area contributed by atoms with Gasteiger partial charge in [-0.05, 0) is 73.1 Å². The summed E-state index contributed by atoms with van der Waals surface area (Å²) in [6.45, 7) is 31.3. The molecule has 0 nitrogen and oxygen atoms in total. The molecule has 0 atom stereocenters. The molecule has 0 fully saturated rings. The van der Waals surface area contributed by atoms with Crippen LogP contribution in [0.2, 0.25) is 0 Å². The second-order valence-corrected chi connectivity index (χ2v) is 10.9. The molecule has 2 heteroatoms. The van der Waals surface area contributed by atoms with Gasteiger partial charge in [-0.15, -0.1) is 0 Å². The minimum atomic E-state index is -0.0620. The number of hydrogen-bond acceptors (Lipinski definition) is 1. The lowest BCUT2D eigenvalue weighted by molar-refractivity contribution is 0.529. The summed E-state index contributed by atoms with van der Waals surface area (Å²) in [4.78, 5) is 0.638. The maximum absolute atomic E-state index is 12.3. The maximum Gasteiger partial charge on any atom is 0.0812 e. The minimum absolute atomic E-state index is 0.0620. The van der Waals surface area contributed by atoms with Crippen molar-refractivity contribution < 1.29 is 3.89 Å². The molecular formula is C34H49FS. The molecule has 2 aromatic carbocycles. The van der Waals surface area contributed by atoms with E-state index in [1.165, 1.54) is 35.1 Å². The number of unbranched alkanes of at least 4 members (excludes halogenated alkanes) is 1. The molecule has 0 radical (unpaired) electrons. The summed E-state index contributed by atoms with van der Waals surface area (Å²) >= 11 is 0.270. The number of rotatable bonds is 9. The minimum Gasteiger partial charge on any atom is -0.160 e. The Kier molecular flexibility index (Phi) is 16.1. The van der Waals surface area contributed by atoms with Crippen LogP contribution < -0.4 is 0 Å². The largest absolute Gasteiger partial charge is 0.160 e. The van der Waals surface area contributed by atoms with Crippen LogP contribution in [0.4, 0.5) is 3.89 Å². The number of allylic oxidation sites excluding steroid dienone is 3. The van der Waals surface area contributed by atoms with Crippen LogP contribution in [0.15, 0.2) is 78.3 Å². The van der Waals surface area contributed by atoms with E-state index < -0.39 is 0 Å². The molecule has 0 bridgehead atoms. The summed E-state index contributed by atoms with van der Waals surface area (Å²) in [6, 6.07) is 11.8. The summed E-state index contributed by atoms with van der Waals surface area (Å²) in [6.07, 6.45) is 9.83. The molecule has 0 aliphatic heterocycles. The first kappa shape index (κ1) is 33.7. The highest BCUT2D eigenvalue weighted by Crippen LogP contribution is 2.34. The highest BCUT2D eigenvalue weighted by Gasteiger charge is 2.22. The molecule has 0 amide bonds. The fourth-order valence-corrected chi connectivity index (χ4v) is 3.30. The summed E-state index contributed by atoms with van der Waals surface area (Å²) in [5, 5.41) is 0. The van der Waals surface area contributed by atoms with Gasteiger partial charge >= 0.3 is 0 Å². The lowest BCUT2D eigenvalue weighted by atomic mass is 9.77. The average molecular weight is 509 g/mol.